The van der Waals surface area contributed by atoms with Crippen LogP contribution in [0.25, 0.3) is 0 Å². The average Bonchev–Trinajstić information content (AvgIpc) is 2.88. The molecule has 2 aliphatic rings. The van der Waals surface area contributed by atoms with Gasteiger partial charge in [-0.25, -0.2) is 4.98 Å². The van der Waals surface area contributed by atoms with Gasteiger partial charge in [0.1, 0.15) is 0 Å². The molecule has 0 atom stereocenters. The molecule has 0 saturated carbocycles. The zero-order valence-corrected chi connectivity index (χ0v) is 12.3. The summed E-state index contributed by atoms with van der Waals surface area (Å²) in [6, 6.07) is 0. The Morgan fingerprint density at radius 3 is 2.50 bits per heavy atom. The van der Waals surface area contributed by atoms with Gasteiger partial charge in [-0.05, 0) is 25.8 Å². The summed E-state index contributed by atoms with van der Waals surface area (Å²) in [4.78, 5) is 11.8. The standard InChI is InChI=1S/C15H24N4O/c1-20-14-12-6-8-16-9-7-13(12)17-15(18-14)19-10-4-2-3-5-11-19/h16H,2-11H2,1H3. The minimum absolute atomic E-state index is 0.776. The summed E-state index contributed by atoms with van der Waals surface area (Å²) < 4.78 is 5.53. The fourth-order valence-electron chi connectivity index (χ4n) is 3.08. The van der Waals surface area contributed by atoms with Gasteiger partial charge in [0.25, 0.3) is 0 Å². The third-order valence-electron chi connectivity index (χ3n) is 4.22. The van der Waals surface area contributed by atoms with Crippen LogP contribution in [-0.2, 0) is 12.8 Å². The maximum Gasteiger partial charge on any atom is 0.228 e. The molecule has 5 nitrogen and oxygen atoms in total. The van der Waals surface area contributed by atoms with Crippen LogP contribution < -0.4 is 15.0 Å². The predicted molar refractivity (Wildman–Crippen MR) is 79.5 cm³/mol. The molecule has 1 N–H and O–H groups in total. The largest absolute Gasteiger partial charge is 0.481 e. The van der Waals surface area contributed by atoms with Crippen molar-refractivity contribution in [2.24, 2.45) is 0 Å². The minimum atomic E-state index is 0.776. The summed E-state index contributed by atoms with van der Waals surface area (Å²) in [5.74, 6) is 1.64. The molecule has 0 bridgehead atoms. The fraction of sp³-hybridized carbons (Fsp3) is 0.733. The molecule has 1 fully saturated rings. The molecule has 20 heavy (non-hydrogen) atoms. The van der Waals surface area contributed by atoms with E-state index in [2.05, 4.69) is 15.2 Å². The molecule has 5 heteroatoms. The van der Waals surface area contributed by atoms with Crippen LogP contribution in [0.5, 0.6) is 5.88 Å². The van der Waals surface area contributed by atoms with Crippen LogP contribution in [0.15, 0.2) is 0 Å². The van der Waals surface area contributed by atoms with E-state index in [-0.39, 0.29) is 0 Å². The van der Waals surface area contributed by atoms with E-state index in [0.29, 0.717) is 0 Å². The van der Waals surface area contributed by atoms with Crippen molar-refractivity contribution >= 4 is 5.95 Å². The number of ether oxygens (including phenoxy) is 1. The molecular weight excluding hydrogens is 252 g/mol. The van der Waals surface area contributed by atoms with Crippen LogP contribution in [-0.4, -0.2) is 43.3 Å². The Bertz CT molecular complexity index is 455. The fourth-order valence-corrected chi connectivity index (χ4v) is 3.08. The highest BCUT2D eigenvalue weighted by molar-refractivity contribution is 5.41. The summed E-state index contributed by atoms with van der Waals surface area (Å²) in [7, 11) is 1.72. The number of nitrogens with zero attached hydrogens (tertiary/aromatic N) is 3. The van der Waals surface area contributed by atoms with Crippen LogP contribution in [0.1, 0.15) is 36.9 Å². The van der Waals surface area contributed by atoms with Crippen LogP contribution in [0.4, 0.5) is 5.95 Å². The first kappa shape index (κ1) is 13.6. The SMILES string of the molecule is COc1nc(N2CCCCCC2)nc2c1CCNCC2. The van der Waals surface area contributed by atoms with Crippen LogP contribution in [0.3, 0.4) is 0 Å². The van der Waals surface area contributed by atoms with E-state index < -0.39 is 0 Å². The average molecular weight is 276 g/mol. The minimum Gasteiger partial charge on any atom is -0.481 e. The van der Waals surface area contributed by atoms with Crippen molar-refractivity contribution in [1.29, 1.82) is 0 Å². The van der Waals surface area contributed by atoms with Gasteiger partial charge in [0.05, 0.1) is 12.8 Å². The van der Waals surface area contributed by atoms with Crippen molar-refractivity contribution in [3.63, 3.8) is 0 Å². The number of aromatic nitrogens is 2. The highest BCUT2D eigenvalue weighted by Gasteiger charge is 2.20. The second-order valence-corrected chi connectivity index (χ2v) is 5.61. The Morgan fingerprint density at radius 1 is 1.00 bits per heavy atom. The van der Waals surface area contributed by atoms with Crippen LogP contribution in [0.2, 0.25) is 0 Å². The number of fused-ring (bicyclic) bond motifs is 1. The maximum absolute atomic E-state index is 5.53. The quantitative estimate of drug-likeness (QED) is 0.888. The van der Waals surface area contributed by atoms with Crippen molar-refractivity contribution in [2.75, 3.05) is 38.2 Å². The van der Waals surface area contributed by atoms with Gasteiger partial charge in [-0.2, -0.15) is 4.98 Å². The highest BCUT2D eigenvalue weighted by Crippen LogP contribution is 2.25. The lowest BCUT2D eigenvalue weighted by atomic mass is 10.1. The van der Waals surface area contributed by atoms with Crippen LogP contribution in [0, 0.1) is 0 Å². The zero-order chi connectivity index (χ0) is 13.8. The van der Waals surface area contributed by atoms with E-state index in [1.54, 1.807) is 7.11 Å². The molecule has 3 heterocycles. The molecule has 0 radical (unpaired) electrons. The van der Waals surface area contributed by atoms with Gasteiger partial charge in [0.15, 0.2) is 0 Å². The summed E-state index contributed by atoms with van der Waals surface area (Å²) in [6.07, 6.45) is 7.05. The Balaban J connectivity index is 1.92. The number of hydrogen-bond donors (Lipinski definition) is 1. The second kappa shape index (κ2) is 6.39. The van der Waals surface area contributed by atoms with E-state index in [1.165, 1.54) is 36.9 Å². The van der Waals surface area contributed by atoms with Gasteiger partial charge in [-0.15, -0.1) is 0 Å². The molecule has 2 aliphatic heterocycles. The number of rotatable bonds is 2. The van der Waals surface area contributed by atoms with Gasteiger partial charge in [-0.3, -0.25) is 0 Å². The number of anilines is 1. The lowest BCUT2D eigenvalue weighted by Crippen LogP contribution is -2.27. The maximum atomic E-state index is 5.53. The summed E-state index contributed by atoms with van der Waals surface area (Å²) in [5, 5.41) is 3.42. The molecule has 1 saturated heterocycles. The monoisotopic (exact) mass is 276 g/mol. The van der Waals surface area contributed by atoms with E-state index in [0.717, 1.165) is 50.8 Å². The van der Waals surface area contributed by atoms with Crippen molar-refractivity contribution in [1.82, 2.24) is 15.3 Å². The second-order valence-electron chi connectivity index (χ2n) is 5.61. The highest BCUT2D eigenvalue weighted by atomic mass is 16.5. The van der Waals surface area contributed by atoms with E-state index in [4.69, 9.17) is 9.72 Å². The van der Waals surface area contributed by atoms with E-state index in [1.807, 2.05) is 0 Å². The predicted octanol–water partition coefficient (Wildman–Crippen LogP) is 1.55. The van der Waals surface area contributed by atoms with Crippen LogP contribution >= 0.6 is 0 Å². The van der Waals surface area contributed by atoms with Crippen molar-refractivity contribution in [3.05, 3.63) is 11.3 Å². The first-order valence-corrected chi connectivity index (χ1v) is 7.78. The molecule has 1 aromatic heterocycles. The summed E-state index contributed by atoms with van der Waals surface area (Å²) >= 11 is 0. The molecule has 1 aromatic rings. The molecule has 0 amide bonds. The molecular formula is C15H24N4O. The third kappa shape index (κ3) is 2.87. The first-order valence-electron chi connectivity index (χ1n) is 7.78. The lowest BCUT2D eigenvalue weighted by molar-refractivity contribution is 0.390. The Labute approximate surface area is 120 Å². The Morgan fingerprint density at radius 2 is 1.75 bits per heavy atom. The van der Waals surface area contributed by atoms with Gasteiger partial charge in [-0.1, -0.05) is 12.8 Å². The molecule has 110 valence electrons. The number of nitrogens with one attached hydrogen (secondary N) is 1. The normalized spacial score (nSPS) is 19.9. The van der Waals surface area contributed by atoms with E-state index in [9.17, 15) is 0 Å². The molecule has 0 spiro atoms. The van der Waals surface area contributed by atoms with Crippen molar-refractivity contribution in [3.8, 4) is 5.88 Å². The van der Waals surface area contributed by atoms with Gasteiger partial charge >= 0.3 is 0 Å². The Kier molecular flexibility index (Phi) is 4.35. The van der Waals surface area contributed by atoms with Gasteiger partial charge < -0.3 is 15.0 Å². The molecule has 3 rings (SSSR count). The topological polar surface area (TPSA) is 50.3 Å². The third-order valence-corrected chi connectivity index (χ3v) is 4.22. The van der Waals surface area contributed by atoms with Gasteiger partial charge in [0.2, 0.25) is 11.8 Å². The zero-order valence-electron chi connectivity index (χ0n) is 12.3. The van der Waals surface area contributed by atoms with Crippen molar-refractivity contribution < 1.29 is 4.74 Å². The molecule has 0 unspecified atom stereocenters. The smallest absolute Gasteiger partial charge is 0.228 e. The lowest BCUT2D eigenvalue weighted by Gasteiger charge is -2.22. The summed E-state index contributed by atoms with van der Waals surface area (Å²) in [5.41, 5.74) is 2.36. The van der Waals surface area contributed by atoms with Crippen molar-refractivity contribution in [2.45, 2.75) is 38.5 Å². The Hall–Kier alpha value is -1.36. The first-order chi connectivity index (χ1) is 9.88. The summed E-state index contributed by atoms with van der Waals surface area (Å²) in [6.45, 7) is 4.11. The molecule has 0 aliphatic carbocycles. The van der Waals surface area contributed by atoms with Gasteiger partial charge in [0, 0.05) is 31.6 Å². The molecule has 0 aromatic carbocycles. The number of hydrogen-bond acceptors (Lipinski definition) is 5. The number of methoxy groups -OCH3 is 1. The van der Waals surface area contributed by atoms with E-state index >= 15 is 0 Å².